The second-order valence-corrected chi connectivity index (χ2v) is 5.53. The van der Waals surface area contributed by atoms with Gasteiger partial charge in [-0.1, -0.05) is 24.3 Å². The second-order valence-electron chi connectivity index (χ2n) is 5.53. The van der Waals surface area contributed by atoms with Crippen molar-refractivity contribution < 1.29 is 48.8 Å². The molecule has 1 unspecified atom stereocenters. The number of aromatic carboxylic acids is 2. The van der Waals surface area contributed by atoms with Gasteiger partial charge in [-0.15, -0.1) is 0 Å². The third-order valence-corrected chi connectivity index (χ3v) is 3.65. The smallest absolute Gasteiger partial charge is 0.348 e. The summed E-state index contributed by atoms with van der Waals surface area (Å²) in [4.78, 5) is 57.9. The zero-order valence-corrected chi connectivity index (χ0v) is 14.6. The molecular formula is C19H14O10. The number of carbonyl (C=O) groups excluding carboxylic acids is 2. The minimum atomic E-state index is -1.94. The first-order valence-corrected chi connectivity index (χ1v) is 7.98. The summed E-state index contributed by atoms with van der Waals surface area (Å²) in [6.07, 6.45) is -1.94. The van der Waals surface area contributed by atoms with Crippen LogP contribution in [-0.2, 0) is 14.3 Å². The number of hydrogen-bond donors (Lipinski definition) is 3. The zero-order valence-electron chi connectivity index (χ0n) is 14.6. The number of esters is 2. The van der Waals surface area contributed by atoms with Crippen molar-refractivity contribution in [2.24, 2.45) is 0 Å². The van der Waals surface area contributed by atoms with Gasteiger partial charge in [-0.05, 0) is 24.3 Å². The number of ether oxygens (including phenoxy) is 2. The Bertz CT molecular complexity index is 978. The van der Waals surface area contributed by atoms with E-state index in [0.29, 0.717) is 0 Å². The average molecular weight is 402 g/mol. The molecule has 0 aliphatic rings. The lowest BCUT2D eigenvalue weighted by Crippen LogP contribution is -2.33. The summed E-state index contributed by atoms with van der Waals surface area (Å²) in [6.45, 7) is -0.914. The normalized spacial score (nSPS) is 11.2. The third-order valence-electron chi connectivity index (χ3n) is 3.65. The van der Waals surface area contributed by atoms with Crippen LogP contribution in [-0.4, -0.2) is 57.9 Å². The largest absolute Gasteiger partial charge is 0.478 e. The van der Waals surface area contributed by atoms with E-state index in [-0.39, 0.29) is 16.7 Å². The number of rotatable bonds is 8. The van der Waals surface area contributed by atoms with Crippen LogP contribution in [0.25, 0.3) is 0 Å². The Morgan fingerprint density at radius 3 is 1.52 bits per heavy atom. The Kier molecular flexibility index (Phi) is 6.64. The minimum absolute atomic E-state index is 0.313. The van der Waals surface area contributed by atoms with Crippen LogP contribution in [0.4, 0.5) is 0 Å². The van der Waals surface area contributed by atoms with E-state index in [9.17, 15) is 29.1 Å². The SMILES string of the molecule is O=C(O)c1ccccc1C(=O)OCC(OC(=O)c1ccccc1C(=O)O)C(=O)O. The highest BCUT2D eigenvalue weighted by atomic mass is 16.6. The highest BCUT2D eigenvalue weighted by Gasteiger charge is 2.28. The summed E-state index contributed by atoms with van der Waals surface area (Å²) in [5.41, 5.74) is -1.44. The molecule has 10 nitrogen and oxygen atoms in total. The average Bonchev–Trinajstić information content (AvgIpc) is 2.70. The molecule has 0 amide bonds. The summed E-state index contributed by atoms with van der Waals surface area (Å²) >= 11 is 0. The van der Waals surface area contributed by atoms with Crippen LogP contribution in [0, 0.1) is 0 Å². The van der Waals surface area contributed by atoms with Gasteiger partial charge in [-0.3, -0.25) is 0 Å². The van der Waals surface area contributed by atoms with Crippen LogP contribution in [0.3, 0.4) is 0 Å². The molecule has 0 heterocycles. The monoisotopic (exact) mass is 402 g/mol. The van der Waals surface area contributed by atoms with Crippen molar-refractivity contribution in [3.63, 3.8) is 0 Å². The van der Waals surface area contributed by atoms with Crippen LogP contribution >= 0.6 is 0 Å². The Balaban J connectivity index is 2.13. The van der Waals surface area contributed by atoms with Crippen molar-refractivity contribution in [1.29, 1.82) is 0 Å². The predicted octanol–water partition coefficient (Wildman–Crippen LogP) is 1.55. The Morgan fingerprint density at radius 2 is 1.10 bits per heavy atom. The standard InChI is InChI=1S/C19H14O10/c20-15(21)10-5-1-3-7-12(10)18(26)28-9-14(17(24)25)29-19(27)13-8-4-2-6-11(13)16(22)23/h1-8,14H,9H2,(H,20,21)(H,22,23)(H,24,25). The van der Waals surface area contributed by atoms with E-state index in [1.54, 1.807) is 0 Å². The molecule has 2 aromatic rings. The van der Waals surface area contributed by atoms with Gasteiger partial charge in [0.15, 0.2) is 0 Å². The van der Waals surface area contributed by atoms with E-state index in [1.807, 2.05) is 0 Å². The summed E-state index contributed by atoms with van der Waals surface area (Å²) in [5.74, 6) is -6.82. The van der Waals surface area contributed by atoms with E-state index >= 15 is 0 Å². The molecule has 0 fully saturated rings. The fourth-order valence-electron chi connectivity index (χ4n) is 2.27. The molecule has 0 spiro atoms. The molecule has 0 radical (unpaired) electrons. The Hall–Kier alpha value is -4.21. The lowest BCUT2D eigenvalue weighted by Gasteiger charge is -2.15. The van der Waals surface area contributed by atoms with Gasteiger partial charge in [0.1, 0.15) is 6.61 Å². The molecule has 0 saturated carbocycles. The quantitative estimate of drug-likeness (QED) is 0.552. The maximum Gasteiger partial charge on any atom is 0.348 e. The van der Waals surface area contributed by atoms with Crippen LogP contribution < -0.4 is 0 Å². The van der Waals surface area contributed by atoms with E-state index < -0.39 is 48.1 Å². The van der Waals surface area contributed by atoms with Gasteiger partial charge in [0, 0.05) is 0 Å². The van der Waals surface area contributed by atoms with E-state index in [2.05, 4.69) is 0 Å². The Labute approximate surface area is 162 Å². The lowest BCUT2D eigenvalue weighted by atomic mass is 10.1. The number of carboxylic acids is 3. The maximum atomic E-state index is 12.2. The van der Waals surface area contributed by atoms with Gasteiger partial charge in [0.25, 0.3) is 0 Å². The number of carbonyl (C=O) groups is 5. The van der Waals surface area contributed by atoms with Crippen molar-refractivity contribution in [3.8, 4) is 0 Å². The molecule has 0 aliphatic heterocycles. The molecule has 2 rings (SSSR count). The lowest BCUT2D eigenvalue weighted by molar-refractivity contribution is -0.149. The summed E-state index contributed by atoms with van der Waals surface area (Å²) < 4.78 is 9.54. The molecule has 0 saturated heterocycles. The fourth-order valence-corrected chi connectivity index (χ4v) is 2.27. The maximum absolute atomic E-state index is 12.2. The fraction of sp³-hybridized carbons (Fsp3) is 0.105. The highest BCUT2D eigenvalue weighted by Crippen LogP contribution is 2.14. The number of hydrogen-bond acceptors (Lipinski definition) is 7. The van der Waals surface area contributed by atoms with Crippen LogP contribution in [0.2, 0.25) is 0 Å². The van der Waals surface area contributed by atoms with Crippen molar-refractivity contribution in [3.05, 3.63) is 70.8 Å². The van der Waals surface area contributed by atoms with Crippen LogP contribution in [0.1, 0.15) is 41.4 Å². The predicted molar refractivity (Wildman–Crippen MR) is 93.9 cm³/mol. The molecule has 0 bridgehead atoms. The first kappa shape index (κ1) is 21.1. The third kappa shape index (κ3) is 5.16. The second kappa shape index (κ2) is 9.13. The van der Waals surface area contributed by atoms with E-state index in [0.717, 1.165) is 18.2 Å². The topological polar surface area (TPSA) is 164 Å². The highest BCUT2D eigenvalue weighted by molar-refractivity contribution is 6.03. The molecule has 3 N–H and O–H groups in total. The molecule has 0 aromatic heterocycles. The first-order valence-electron chi connectivity index (χ1n) is 7.98. The van der Waals surface area contributed by atoms with Gasteiger partial charge in [0.2, 0.25) is 6.10 Å². The van der Waals surface area contributed by atoms with Crippen molar-refractivity contribution in [2.75, 3.05) is 6.61 Å². The van der Waals surface area contributed by atoms with Crippen LogP contribution in [0.15, 0.2) is 48.5 Å². The zero-order chi connectivity index (χ0) is 21.6. The van der Waals surface area contributed by atoms with Crippen molar-refractivity contribution in [1.82, 2.24) is 0 Å². The number of benzene rings is 2. The van der Waals surface area contributed by atoms with Gasteiger partial charge in [-0.2, -0.15) is 0 Å². The molecule has 0 aliphatic carbocycles. The Morgan fingerprint density at radius 1 is 0.690 bits per heavy atom. The molecule has 1 atom stereocenters. The molecule has 10 heteroatoms. The molecular weight excluding hydrogens is 388 g/mol. The number of aliphatic carboxylic acids is 1. The summed E-state index contributed by atoms with van der Waals surface area (Å²) in [6, 6.07) is 10.1. The van der Waals surface area contributed by atoms with E-state index in [1.165, 1.54) is 30.3 Å². The van der Waals surface area contributed by atoms with Crippen LogP contribution in [0.5, 0.6) is 0 Å². The minimum Gasteiger partial charge on any atom is -0.478 e. The summed E-state index contributed by atoms with van der Waals surface area (Å²) in [5, 5.41) is 27.4. The van der Waals surface area contributed by atoms with Crippen molar-refractivity contribution >= 4 is 29.8 Å². The first-order chi connectivity index (χ1) is 13.7. The number of carboxylic acid groups (broad SMARTS) is 3. The van der Waals surface area contributed by atoms with E-state index in [4.69, 9.17) is 19.7 Å². The van der Waals surface area contributed by atoms with Gasteiger partial charge < -0.3 is 24.8 Å². The van der Waals surface area contributed by atoms with Crippen molar-refractivity contribution in [2.45, 2.75) is 6.10 Å². The molecule has 150 valence electrons. The molecule has 2 aromatic carbocycles. The van der Waals surface area contributed by atoms with Gasteiger partial charge in [-0.25, -0.2) is 24.0 Å². The summed E-state index contributed by atoms with van der Waals surface area (Å²) in [7, 11) is 0. The molecule has 29 heavy (non-hydrogen) atoms. The van der Waals surface area contributed by atoms with Gasteiger partial charge >= 0.3 is 29.8 Å². The van der Waals surface area contributed by atoms with Gasteiger partial charge in [0.05, 0.1) is 22.3 Å².